The molecular formula is C23H19FN4O3S. The third kappa shape index (κ3) is 5.19. The van der Waals surface area contributed by atoms with Gasteiger partial charge in [0.15, 0.2) is 9.84 Å². The summed E-state index contributed by atoms with van der Waals surface area (Å²) in [6, 6.07) is 20.8. The lowest BCUT2D eigenvalue weighted by Gasteiger charge is -2.08. The molecule has 0 saturated heterocycles. The topological polar surface area (TPSA) is 93.1 Å². The smallest absolute Gasteiger partial charge is 0.308 e. The van der Waals surface area contributed by atoms with Gasteiger partial charge in [-0.3, -0.25) is 0 Å². The Bertz CT molecular complexity index is 1320. The summed E-state index contributed by atoms with van der Waals surface area (Å²) in [5, 5.41) is 9.47. The van der Waals surface area contributed by atoms with Gasteiger partial charge in [-0.15, -0.1) is 0 Å². The van der Waals surface area contributed by atoms with Crippen LogP contribution in [0.25, 0.3) is 5.69 Å². The van der Waals surface area contributed by atoms with Crippen LogP contribution in [0.15, 0.2) is 96.2 Å². The van der Waals surface area contributed by atoms with Gasteiger partial charge in [0.1, 0.15) is 10.7 Å². The Labute approximate surface area is 184 Å². The number of para-hydroxylation sites is 1. The summed E-state index contributed by atoms with van der Waals surface area (Å²) < 4.78 is 40.0. The number of nitrogens with zero attached hydrogens (tertiary/aromatic N) is 2. The maximum absolute atomic E-state index is 13.1. The van der Waals surface area contributed by atoms with Crippen LogP contribution in [0, 0.1) is 5.82 Å². The third-order valence-corrected chi connectivity index (χ3v) is 6.25. The van der Waals surface area contributed by atoms with Crippen molar-refractivity contribution in [1.29, 1.82) is 0 Å². The van der Waals surface area contributed by atoms with Crippen molar-refractivity contribution in [2.24, 2.45) is 0 Å². The fourth-order valence-corrected chi connectivity index (χ4v) is 4.27. The lowest BCUT2D eigenvalue weighted by molar-refractivity contribution is 0.262. The molecule has 7 nitrogen and oxygen atoms in total. The molecule has 2 amide bonds. The van der Waals surface area contributed by atoms with Crippen molar-refractivity contribution in [1.82, 2.24) is 9.78 Å². The van der Waals surface area contributed by atoms with Crippen molar-refractivity contribution < 1.29 is 17.6 Å². The Morgan fingerprint density at radius 1 is 0.875 bits per heavy atom. The summed E-state index contributed by atoms with van der Waals surface area (Å²) in [7, 11) is -3.64. The lowest BCUT2D eigenvalue weighted by atomic mass is 10.2. The molecule has 162 valence electrons. The van der Waals surface area contributed by atoms with Crippen molar-refractivity contribution in [3.8, 4) is 5.69 Å². The summed E-state index contributed by atoms with van der Waals surface area (Å²) in [5.74, 6) is -0.609. The van der Waals surface area contributed by atoms with Crippen molar-refractivity contribution in [2.45, 2.75) is 10.6 Å². The van der Waals surface area contributed by atoms with E-state index in [0.29, 0.717) is 22.6 Å². The maximum atomic E-state index is 13.1. The number of carbonyl (C=O) groups excluding carboxylic acids is 1. The Morgan fingerprint density at radius 3 is 2.16 bits per heavy atom. The number of aromatic nitrogens is 2. The van der Waals surface area contributed by atoms with E-state index in [2.05, 4.69) is 15.7 Å². The number of nitrogens with one attached hydrogen (secondary N) is 2. The van der Waals surface area contributed by atoms with Crippen LogP contribution in [-0.4, -0.2) is 24.2 Å². The number of sulfone groups is 1. The first-order valence-electron chi connectivity index (χ1n) is 9.64. The van der Waals surface area contributed by atoms with Gasteiger partial charge in [0.05, 0.1) is 17.6 Å². The molecule has 0 spiro atoms. The van der Waals surface area contributed by atoms with Crippen LogP contribution in [0.3, 0.4) is 0 Å². The van der Waals surface area contributed by atoms with Gasteiger partial charge in [0.25, 0.3) is 0 Å². The maximum Gasteiger partial charge on any atom is 0.323 e. The lowest BCUT2D eigenvalue weighted by Crippen LogP contribution is -2.19. The second-order valence-corrected chi connectivity index (χ2v) is 8.99. The SMILES string of the molecule is O=C(Nc1ccccc1)Nc1ccc(CS(=O)(=O)c2cnn(-c3ccc(F)cc3)c2)cc1. The van der Waals surface area contributed by atoms with Gasteiger partial charge in [-0.1, -0.05) is 30.3 Å². The van der Waals surface area contributed by atoms with Crippen molar-refractivity contribution in [2.75, 3.05) is 10.6 Å². The molecule has 0 aliphatic rings. The average Bonchev–Trinajstić information content (AvgIpc) is 3.28. The highest BCUT2D eigenvalue weighted by Gasteiger charge is 2.18. The standard InChI is InChI=1S/C23H19FN4O3S/c24-18-8-12-21(13-9-18)28-15-22(14-25-28)32(30,31)16-17-6-10-20(11-7-17)27-23(29)26-19-4-2-1-3-5-19/h1-15H,16H2,(H2,26,27,29). The second-order valence-electron chi connectivity index (χ2n) is 7.00. The van der Waals surface area contributed by atoms with Crippen LogP contribution < -0.4 is 10.6 Å². The molecule has 0 atom stereocenters. The highest BCUT2D eigenvalue weighted by molar-refractivity contribution is 7.90. The molecule has 0 unspecified atom stereocenters. The minimum absolute atomic E-state index is 0.0614. The normalized spacial score (nSPS) is 11.2. The number of benzene rings is 3. The van der Waals surface area contributed by atoms with Gasteiger partial charge < -0.3 is 10.6 Å². The Morgan fingerprint density at radius 2 is 1.50 bits per heavy atom. The highest BCUT2D eigenvalue weighted by Crippen LogP contribution is 2.19. The Balaban J connectivity index is 1.40. The number of hydrogen-bond donors (Lipinski definition) is 2. The number of urea groups is 1. The zero-order chi connectivity index (χ0) is 22.6. The van der Waals surface area contributed by atoms with E-state index in [4.69, 9.17) is 0 Å². The number of hydrogen-bond acceptors (Lipinski definition) is 4. The number of carbonyl (C=O) groups is 1. The number of rotatable bonds is 6. The first-order valence-corrected chi connectivity index (χ1v) is 11.3. The summed E-state index contributed by atoms with van der Waals surface area (Å²) in [6.07, 6.45) is 2.66. The molecule has 3 aromatic carbocycles. The summed E-state index contributed by atoms with van der Waals surface area (Å²) in [4.78, 5) is 12.1. The molecule has 9 heteroatoms. The molecule has 4 aromatic rings. The molecule has 2 N–H and O–H groups in total. The second kappa shape index (κ2) is 9.03. The van der Waals surface area contributed by atoms with Gasteiger partial charge in [-0.2, -0.15) is 5.10 Å². The predicted molar refractivity (Wildman–Crippen MR) is 120 cm³/mol. The molecule has 1 aromatic heterocycles. The van der Waals surface area contributed by atoms with E-state index in [1.807, 2.05) is 18.2 Å². The summed E-state index contributed by atoms with van der Waals surface area (Å²) in [6.45, 7) is 0. The highest BCUT2D eigenvalue weighted by atomic mass is 32.2. The van der Waals surface area contributed by atoms with Crippen LogP contribution in [0.2, 0.25) is 0 Å². The molecule has 0 fully saturated rings. The molecular weight excluding hydrogens is 431 g/mol. The van der Waals surface area contributed by atoms with E-state index in [1.165, 1.54) is 41.3 Å². The van der Waals surface area contributed by atoms with Crippen molar-refractivity contribution in [3.05, 3.63) is 103 Å². The van der Waals surface area contributed by atoms with Gasteiger partial charge in [0, 0.05) is 17.6 Å². The van der Waals surface area contributed by atoms with Gasteiger partial charge >= 0.3 is 6.03 Å². The van der Waals surface area contributed by atoms with Crippen molar-refractivity contribution in [3.63, 3.8) is 0 Å². The average molecular weight is 450 g/mol. The van der Waals surface area contributed by atoms with E-state index in [1.54, 1.807) is 36.4 Å². The van der Waals surface area contributed by atoms with Crippen molar-refractivity contribution >= 4 is 27.2 Å². The van der Waals surface area contributed by atoms with Crippen LogP contribution in [0.5, 0.6) is 0 Å². The molecule has 0 bridgehead atoms. The summed E-state index contributed by atoms with van der Waals surface area (Å²) >= 11 is 0. The fourth-order valence-electron chi connectivity index (χ4n) is 3.00. The molecule has 0 saturated carbocycles. The van der Waals surface area contributed by atoms with Gasteiger partial charge in [-0.25, -0.2) is 22.3 Å². The Hall–Kier alpha value is -3.98. The van der Waals surface area contributed by atoms with E-state index < -0.39 is 15.9 Å². The van der Waals surface area contributed by atoms with Crippen LogP contribution in [0.4, 0.5) is 20.6 Å². The molecule has 0 aliphatic heterocycles. The van der Waals surface area contributed by atoms with Crippen LogP contribution >= 0.6 is 0 Å². The first kappa shape index (κ1) is 21.3. The first-order chi connectivity index (χ1) is 15.4. The van der Waals surface area contributed by atoms with Gasteiger partial charge in [-0.05, 0) is 54.1 Å². The number of anilines is 2. The monoisotopic (exact) mass is 450 g/mol. The Kier molecular flexibility index (Phi) is 6.00. The zero-order valence-electron chi connectivity index (χ0n) is 16.8. The largest absolute Gasteiger partial charge is 0.323 e. The van der Waals surface area contributed by atoms with E-state index in [9.17, 15) is 17.6 Å². The van der Waals surface area contributed by atoms with Gasteiger partial charge in [0.2, 0.25) is 0 Å². The third-order valence-electron chi connectivity index (χ3n) is 4.61. The van der Waals surface area contributed by atoms with E-state index in [-0.39, 0.29) is 16.5 Å². The molecule has 0 radical (unpaired) electrons. The molecule has 0 aliphatic carbocycles. The van der Waals surface area contributed by atoms with Crippen LogP contribution in [0.1, 0.15) is 5.56 Å². The minimum atomic E-state index is -3.64. The molecule has 1 heterocycles. The van der Waals surface area contributed by atoms with Crippen LogP contribution in [-0.2, 0) is 15.6 Å². The van der Waals surface area contributed by atoms with E-state index in [0.717, 1.165) is 0 Å². The number of amides is 2. The minimum Gasteiger partial charge on any atom is -0.308 e. The predicted octanol–water partition coefficient (Wildman–Crippen LogP) is 4.63. The number of halogens is 1. The molecule has 32 heavy (non-hydrogen) atoms. The van der Waals surface area contributed by atoms with E-state index >= 15 is 0 Å². The summed E-state index contributed by atoms with van der Waals surface area (Å²) in [5.41, 5.74) is 2.31. The zero-order valence-corrected chi connectivity index (χ0v) is 17.6. The molecule has 4 rings (SSSR count). The fraction of sp³-hybridized carbons (Fsp3) is 0.0435. The quantitative estimate of drug-likeness (QED) is 0.448.